The zero-order valence-electron chi connectivity index (χ0n) is 51.1. The highest BCUT2D eigenvalue weighted by molar-refractivity contribution is 7.87. The molecule has 95 heavy (non-hydrogen) atoms. The van der Waals surface area contributed by atoms with Crippen LogP contribution < -0.4 is 14.5 Å². The maximum Gasteiger partial charge on any atom is 0.311 e. The van der Waals surface area contributed by atoms with Gasteiger partial charge in [0.1, 0.15) is 9.79 Å². The van der Waals surface area contributed by atoms with E-state index in [4.69, 9.17) is 28.2 Å². The van der Waals surface area contributed by atoms with Gasteiger partial charge in [-0.05, 0) is 103 Å². The second-order valence-corrected chi connectivity index (χ2v) is 30.9. The molecule has 3 unspecified atom stereocenters. The molecule has 0 aliphatic carbocycles. The summed E-state index contributed by atoms with van der Waals surface area (Å²) in [7, 11) is -28.3. The molecule has 2 aliphatic rings. The van der Waals surface area contributed by atoms with E-state index in [0.717, 1.165) is 12.1 Å². The SMILES string of the molecule is COCCOCCOCCOCCC1(C)\C(=C/C=C/C=C/C2N(CCOC)c3ccc4c(S(=O)(=O)O)cc(S(=O)(=O)O)cc4c3C2(C)CCCS(=O)(=O)O)N(CCCCCC(=O)Oc2c(F)c(F)c(S(=O)(=O)O)c(F)c2F)c2ccc3c(S(=O)(=O)O)cc(S(=O)(=O)O)cc3c21. The fraction of sp³-hybridized carbons (Fsp3) is 0.431. The summed E-state index contributed by atoms with van der Waals surface area (Å²) in [6, 6.07) is 7.91. The average Bonchev–Trinajstić information content (AvgIpc) is 1.64. The monoisotopic (exact) mass is 1460 g/mol. The first-order chi connectivity index (χ1) is 44.2. The number of unbranched alkanes of at least 4 members (excludes halogenated alkanes) is 2. The Kier molecular flexibility index (Phi) is 24.4. The van der Waals surface area contributed by atoms with Crippen LogP contribution >= 0.6 is 0 Å². The number of esters is 1. The third kappa shape index (κ3) is 17.6. The van der Waals surface area contributed by atoms with Crippen molar-refractivity contribution in [1.29, 1.82) is 0 Å². The van der Waals surface area contributed by atoms with Crippen molar-refractivity contribution in [3.05, 3.63) is 119 Å². The second-order valence-electron chi connectivity index (χ2n) is 22.4. The fourth-order valence-electron chi connectivity index (χ4n) is 11.9. The highest BCUT2D eigenvalue weighted by Gasteiger charge is 2.49. The molecule has 0 aromatic heterocycles. The number of anilines is 2. The van der Waals surface area contributed by atoms with E-state index in [9.17, 15) is 95.6 Å². The van der Waals surface area contributed by atoms with Crippen LogP contribution in [0.1, 0.15) is 69.9 Å². The average molecular weight is 1460 g/mol. The Morgan fingerprint density at radius 2 is 1.05 bits per heavy atom. The highest BCUT2D eigenvalue weighted by atomic mass is 32.2. The van der Waals surface area contributed by atoms with E-state index in [1.165, 1.54) is 38.5 Å². The van der Waals surface area contributed by atoms with Crippen molar-refractivity contribution in [3.8, 4) is 5.75 Å². The number of fused-ring (bicyclic) bond motifs is 6. The number of nitrogens with zero attached hydrogens (tertiary/aromatic N) is 2. The van der Waals surface area contributed by atoms with Crippen molar-refractivity contribution >= 4 is 99.6 Å². The maximum absolute atomic E-state index is 14.8. The van der Waals surface area contributed by atoms with Crippen LogP contribution in [0, 0.1) is 23.3 Å². The molecule has 524 valence electrons. The Morgan fingerprint density at radius 3 is 1.56 bits per heavy atom. The molecule has 2 aliphatic heterocycles. The molecular formula is C58H68F4N2O25S6. The smallest absolute Gasteiger partial charge is 0.311 e. The van der Waals surface area contributed by atoms with Gasteiger partial charge in [-0.1, -0.05) is 49.8 Å². The number of methoxy groups -OCH3 is 2. The third-order valence-corrected chi connectivity index (χ3v) is 21.2. The summed E-state index contributed by atoms with van der Waals surface area (Å²) in [5.41, 5.74) is -1.13. The Morgan fingerprint density at radius 1 is 0.537 bits per heavy atom. The number of ether oxygens (including phenoxy) is 6. The van der Waals surface area contributed by atoms with E-state index in [-0.39, 0.29) is 124 Å². The summed E-state index contributed by atoms with van der Waals surface area (Å²) in [6.45, 7) is 4.70. The van der Waals surface area contributed by atoms with Gasteiger partial charge in [-0.15, -0.1) is 0 Å². The zero-order valence-corrected chi connectivity index (χ0v) is 56.0. The van der Waals surface area contributed by atoms with Crippen LogP contribution in [0.5, 0.6) is 5.75 Å². The molecule has 0 spiro atoms. The Hall–Kier alpha value is -6.11. The van der Waals surface area contributed by atoms with E-state index in [1.807, 2.05) is 4.90 Å². The zero-order chi connectivity index (χ0) is 70.4. The molecule has 0 amide bonds. The first kappa shape index (κ1) is 76.3. The Bertz CT molecular complexity index is 4550. The molecule has 2 heterocycles. The van der Waals surface area contributed by atoms with Gasteiger partial charge in [0.2, 0.25) is 17.4 Å². The lowest BCUT2D eigenvalue weighted by Crippen LogP contribution is -2.43. The lowest BCUT2D eigenvalue weighted by molar-refractivity contribution is -0.135. The quantitative estimate of drug-likeness (QED) is 0.00439. The van der Waals surface area contributed by atoms with Gasteiger partial charge in [0.05, 0.1) is 67.8 Å². The van der Waals surface area contributed by atoms with Crippen LogP contribution in [0.2, 0.25) is 0 Å². The van der Waals surface area contributed by atoms with Gasteiger partial charge in [0.25, 0.3) is 50.6 Å². The summed E-state index contributed by atoms with van der Waals surface area (Å²) >= 11 is 0. The number of halogens is 4. The van der Waals surface area contributed by atoms with Crippen LogP contribution in [0.15, 0.2) is 109 Å². The Labute approximate surface area is 545 Å². The molecule has 6 N–H and O–H groups in total. The number of allylic oxidation sites excluding steroid dienone is 5. The molecule has 7 rings (SSSR count). The molecule has 0 fully saturated rings. The molecule has 0 saturated carbocycles. The number of carbonyl (C=O) groups is 1. The molecule has 37 heteroatoms. The van der Waals surface area contributed by atoms with Crippen molar-refractivity contribution in [2.45, 2.75) is 100 Å². The highest BCUT2D eigenvalue weighted by Crippen LogP contribution is 2.55. The number of benzene rings is 5. The van der Waals surface area contributed by atoms with Gasteiger partial charge < -0.3 is 38.2 Å². The number of carbonyl (C=O) groups excluding carboxylic acids is 1. The lowest BCUT2D eigenvalue weighted by Gasteiger charge is -2.35. The van der Waals surface area contributed by atoms with Gasteiger partial charge in [0.15, 0.2) is 16.5 Å². The number of rotatable bonds is 34. The minimum Gasteiger partial charge on any atom is -0.420 e. The third-order valence-electron chi connectivity index (χ3n) is 16.1. The molecule has 5 aromatic rings. The van der Waals surface area contributed by atoms with Gasteiger partial charge in [-0.25, -0.2) is 8.78 Å². The number of hydrogen-bond donors (Lipinski definition) is 6. The van der Waals surface area contributed by atoms with Crippen molar-refractivity contribution in [3.63, 3.8) is 0 Å². The normalized spacial score (nSPS) is 18.5. The molecule has 3 atom stereocenters. The number of hydrogen-bond acceptors (Lipinski definition) is 21. The van der Waals surface area contributed by atoms with Crippen LogP contribution in [0.3, 0.4) is 0 Å². The standard InChI is InChI=1S/C58H68F4N2O25S6/c1-57(19-11-31-90(66,67)68)46(64(22-24-84-3)43-18-16-38-40(49(43)57)32-36(91(69,70)71)34-44(38)93(75,76)77)12-7-5-8-13-47-58(2,20-23-86-27-28-88-30-29-87-26-25-85-4)50-41-33-37(92(72,73)74)35-45(94(78,79)80)39(41)15-17-42(50)63(47)21-10-6-9-14-48(65)89-55-51(59)53(61)56(95(81,82)83)54(62)52(55)60/h5,7-8,12-13,15-18,32-35,46H,6,9-11,14,19-31H2,1-4H3,(H,66,67,68)(H,69,70,71)(H,72,73,74)(H,75,76,77)(H,78,79,80)(H,81,82,83)/b8-5+,12-7+,47-13+. The predicted molar refractivity (Wildman–Crippen MR) is 333 cm³/mol. The molecule has 0 radical (unpaired) electrons. The first-order valence-electron chi connectivity index (χ1n) is 28.6. The Balaban J connectivity index is 1.33. The van der Waals surface area contributed by atoms with Gasteiger partial charge >= 0.3 is 16.1 Å². The van der Waals surface area contributed by atoms with Crippen molar-refractivity contribution in [1.82, 2.24) is 0 Å². The molecule has 0 bridgehead atoms. The summed E-state index contributed by atoms with van der Waals surface area (Å²) in [5.74, 6) is -14.1. The van der Waals surface area contributed by atoms with Crippen molar-refractivity contribution in [2.24, 2.45) is 0 Å². The van der Waals surface area contributed by atoms with Gasteiger partial charge in [0, 0.05) is 79.0 Å². The lowest BCUT2D eigenvalue weighted by atomic mass is 9.73. The summed E-state index contributed by atoms with van der Waals surface area (Å²) < 4.78 is 301. The minimum atomic E-state index is -5.83. The van der Waals surface area contributed by atoms with E-state index < -0.39 is 149 Å². The van der Waals surface area contributed by atoms with E-state index in [2.05, 4.69) is 4.74 Å². The molecule has 5 aromatic carbocycles. The first-order valence-corrected chi connectivity index (χ1v) is 37.5. The summed E-state index contributed by atoms with van der Waals surface area (Å²) in [5, 5.41) is -0.495. The van der Waals surface area contributed by atoms with Gasteiger partial charge in [-0.2, -0.15) is 59.3 Å². The topological polar surface area (TPSA) is 405 Å². The van der Waals surface area contributed by atoms with E-state index >= 15 is 0 Å². The van der Waals surface area contributed by atoms with Crippen LogP contribution in [0.4, 0.5) is 28.9 Å². The van der Waals surface area contributed by atoms with Crippen molar-refractivity contribution in [2.75, 3.05) is 95.7 Å². The fourth-order valence-corrected chi connectivity index (χ4v) is 15.7. The van der Waals surface area contributed by atoms with E-state index in [0.29, 0.717) is 42.4 Å². The predicted octanol–water partition coefficient (Wildman–Crippen LogP) is 7.57. The molecule has 0 saturated heterocycles. The maximum atomic E-state index is 14.8. The van der Waals surface area contributed by atoms with Crippen LogP contribution in [0.25, 0.3) is 21.5 Å². The largest absolute Gasteiger partial charge is 0.420 e. The van der Waals surface area contributed by atoms with E-state index in [1.54, 1.807) is 49.1 Å². The van der Waals surface area contributed by atoms with Crippen LogP contribution in [-0.4, -0.2) is 176 Å². The minimum absolute atomic E-state index is 0.0109. The van der Waals surface area contributed by atoms with Crippen LogP contribution in [-0.2, 0) is 100 Å². The summed E-state index contributed by atoms with van der Waals surface area (Å²) in [4.78, 5) is 10.5. The second kappa shape index (κ2) is 30.3. The molecular weight excluding hydrogens is 1390 g/mol. The van der Waals surface area contributed by atoms with Crippen molar-refractivity contribution < 1.29 is 129 Å². The summed E-state index contributed by atoms with van der Waals surface area (Å²) in [6.07, 6.45) is 7.10. The van der Waals surface area contributed by atoms with Gasteiger partial charge in [-0.3, -0.25) is 32.1 Å². The molecule has 27 nitrogen and oxygen atoms in total.